The Morgan fingerprint density at radius 1 is 1.21 bits per heavy atom. The third kappa shape index (κ3) is 3.18. The summed E-state index contributed by atoms with van der Waals surface area (Å²) in [7, 11) is 0. The average Bonchev–Trinajstić information content (AvgIpc) is 2.91. The van der Waals surface area contributed by atoms with Gasteiger partial charge in [-0.25, -0.2) is 0 Å². The lowest BCUT2D eigenvalue weighted by Gasteiger charge is -2.65. The lowest BCUT2D eigenvalue weighted by molar-refractivity contribution is -0.235. The second kappa shape index (κ2) is 7.05. The van der Waals surface area contributed by atoms with E-state index in [0.29, 0.717) is 35.9 Å². The number of rotatable bonds is 3. The normalized spacial score (nSPS) is 50.3. The number of nitrogens with two attached hydrogens (primary N) is 1. The molecule has 29 heavy (non-hydrogen) atoms. The topological polar surface area (TPSA) is 89.6 Å². The molecule has 3 N–H and O–H groups in total. The first-order valence-electron chi connectivity index (χ1n) is 11.7. The van der Waals surface area contributed by atoms with Gasteiger partial charge in [-0.05, 0) is 74.5 Å². The number of hydrogen-bond acceptors (Lipinski definition) is 5. The Kier molecular flexibility index (Phi) is 5.18. The first kappa shape index (κ1) is 21.3. The summed E-state index contributed by atoms with van der Waals surface area (Å²) in [6, 6.07) is -0.208. The van der Waals surface area contributed by atoms with Crippen LogP contribution in [0.25, 0.3) is 0 Å². The number of fused-ring (bicyclic) bond motifs is 5. The number of Topliss-reactive ketones (excluding diaryl/α,β-unsaturated/α-hetero) is 1. The largest absolute Gasteiger partial charge is 0.462 e. The van der Waals surface area contributed by atoms with E-state index in [-0.39, 0.29) is 35.4 Å². The Hall–Kier alpha value is -0.940. The number of carbonyl (C=O) groups is 2. The minimum absolute atomic E-state index is 0.146. The van der Waals surface area contributed by atoms with Crippen molar-refractivity contribution >= 4 is 11.8 Å². The molecule has 4 aliphatic rings. The molecular weight excluding hydrogens is 366 g/mol. The van der Waals surface area contributed by atoms with Crippen LogP contribution in [-0.4, -0.2) is 34.6 Å². The van der Waals surface area contributed by atoms with E-state index in [2.05, 4.69) is 20.8 Å². The van der Waals surface area contributed by atoms with Crippen LogP contribution in [-0.2, 0) is 14.3 Å². The number of hydrogen-bond donors (Lipinski definition) is 2. The molecule has 4 aliphatic carbocycles. The van der Waals surface area contributed by atoms with E-state index < -0.39 is 5.60 Å². The monoisotopic (exact) mass is 405 g/mol. The number of carbonyl (C=O) groups excluding carboxylic acids is 2. The van der Waals surface area contributed by atoms with Crippen molar-refractivity contribution in [2.24, 2.45) is 40.2 Å². The van der Waals surface area contributed by atoms with Gasteiger partial charge in [-0.15, -0.1) is 0 Å². The molecule has 4 fully saturated rings. The van der Waals surface area contributed by atoms with E-state index in [1.807, 2.05) is 0 Å². The molecule has 0 bridgehead atoms. The molecule has 0 radical (unpaired) electrons. The zero-order chi connectivity index (χ0) is 21.2. The molecule has 4 saturated carbocycles. The average molecular weight is 406 g/mol. The predicted molar refractivity (Wildman–Crippen MR) is 111 cm³/mol. The summed E-state index contributed by atoms with van der Waals surface area (Å²) in [5.41, 5.74) is 4.62. The van der Waals surface area contributed by atoms with Crippen molar-refractivity contribution in [1.29, 1.82) is 0 Å². The summed E-state index contributed by atoms with van der Waals surface area (Å²) in [5.74, 6) is 2.02. The van der Waals surface area contributed by atoms with Gasteiger partial charge in [-0.2, -0.15) is 0 Å². The van der Waals surface area contributed by atoms with Crippen molar-refractivity contribution in [3.63, 3.8) is 0 Å². The highest BCUT2D eigenvalue weighted by Crippen LogP contribution is 2.68. The van der Waals surface area contributed by atoms with E-state index >= 15 is 0 Å². The maximum Gasteiger partial charge on any atom is 0.307 e. The predicted octanol–water partition coefficient (Wildman–Crippen LogP) is 3.61. The first-order valence-corrected chi connectivity index (χ1v) is 11.7. The molecule has 0 aliphatic heterocycles. The fourth-order valence-corrected chi connectivity index (χ4v) is 8.02. The molecule has 4 rings (SSSR count). The maximum absolute atomic E-state index is 12.7. The van der Waals surface area contributed by atoms with Crippen LogP contribution in [0.5, 0.6) is 0 Å². The molecule has 1 unspecified atom stereocenters. The summed E-state index contributed by atoms with van der Waals surface area (Å²) >= 11 is 0. The molecule has 0 aromatic heterocycles. The van der Waals surface area contributed by atoms with E-state index in [1.54, 1.807) is 6.92 Å². The summed E-state index contributed by atoms with van der Waals surface area (Å²) < 4.78 is 5.71. The summed E-state index contributed by atoms with van der Waals surface area (Å²) in [4.78, 5) is 24.8. The van der Waals surface area contributed by atoms with Crippen LogP contribution in [0.2, 0.25) is 0 Å². The second-order valence-corrected chi connectivity index (χ2v) is 11.4. The van der Waals surface area contributed by atoms with Crippen molar-refractivity contribution in [3.8, 4) is 0 Å². The zero-order valence-electron chi connectivity index (χ0n) is 18.6. The fraction of sp³-hybridized carbons (Fsp3) is 0.917. The Bertz CT molecular complexity index is 692. The minimum Gasteiger partial charge on any atom is -0.462 e. The van der Waals surface area contributed by atoms with Gasteiger partial charge >= 0.3 is 5.97 Å². The van der Waals surface area contributed by atoms with Gasteiger partial charge in [0.1, 0.15) is 11.9 Å². The lowest BCUT2D eigenvalue weighted by Crippen LogP contribution is -2.65. The summed E-state index contributed by atoms with van der Waals surface area (Å²) in [6.45, 7) is 8.56. The molecule has 5 nitrogen and oxygen atoms in total. The van der Waals surface area contributed by atoms with Crippen LogP contribution in [0, 0.1) is 34.5 Å². The molecule has 0 saturated heterocycles. The first-order chi connectivity index (χ1) is 13.5. The Morgan fingerprint density at radius 3 is 2.62 bits per heavy atom. The van der Waals surface area contributed by atoms with Gasteiger partial charge < -0.3 is 15.6 Å². The van der Waals surface area contributed by atoms with Crippen molar-refractivity contribution < 1.29 is 19.4 Å². The van der Waals surface area contributed by atoms with Crippen molar-refractivity contribution in [2.75, 3.05) is 0 Å². The molecule has 5 heteroatoms. The Morgan fingerprint density at radius 2 is 1.93 bits per heavy atom. The standard InChI is InChI=1S/C24H39NO4/c1-14-12-24(28)13-16(29-20(27)11-15(2)25)7-10-23(24,4)18-8-9-22(3)17(21(14)18)5-6-19(22)26/h14-18,21,28H,5-13,25H2,1-4H3/t14-,15?,16+,17+,18+,21+,22+,23-,24-/m1/s1. The lowest BCUT2D eigenvalue weighted by atomic mass is 9.41. The number of ether oxygens (including phenoxy) is 1. The second-order valence-electron chi connectivity index (χ2n) is 11.4. The minimum atomic E-state index is -0.804. The highest BCUT2D eigenvalue weighted by molar-refractivity contribution is 5.87. The van der Waals surface area contributed by atoms with E-state index in [4.69, 9.17) is 10.5 Å². The van der Waals surface area contributed by atoms with Gasteiger partial charge in [-0.1, -0.05) is 20.8 Å². The van der Waals surface area contributed by atoms with Gasteiger partial charge in [0, 0.05) is 24.3 Å². The van der Waals surface area contributed by atoms with Crippen LogP contribution in [0.3, 0.4) is 0 Å². The SMILES string of the molecule is CC(N)CC(=O)O[C@H]1CC[C@]2(C)[C@H]3CC[C@]4(C)C(=O)CC[C@H]4[C@@H]3[C@H](C)C[C@@]2(O)C1. The van der Waals surface area contributed by atoms with Crippen molar-refractivity contribution in [2.45, 2.75) is 103 Å². The molecule has 0 heterocycles. The molecule has 0 spiro atoms. The van der Waals surface area contributed by atoms with Gasteiger partial charge in [-0.3, -0.25) is 9.59 Å². The highest BCUT2D eigenvalue weighted by atomic mass is 16.5. The number of aliphatic hydroxyl groups is 1. The number of ketones is 1. The molecule has 164 valence electrons. The third-order valence-electron chi connectivity index (χ3n) is 9.58. The number of esters is 1. The van der Waals surface area contributed by atoms with Gasteiger partial charge in [0.05, 0.1) is 12.0 Å². The van der Waals surface area contributed by atoms with Gasteiger partial charge in [0.25, 0.3) is 0 Å². The Labute approximate surface area is 175 Å². The Balaban J connectivity index is 1.55. The van der Waals surface area contributed by atoms with E-state index in [9.17, 15) is 14.7 Å². The van der Waals surface area contributed by atoms with E-state index in [0.717, 1.165) is 44.9 Å². The summed E-state index contributed by atoms with van der Waals surface area (Å²) in [5, 5.41) is 11.9. The third-order valence-corrected chi connectivity index (χ3v) is 9.58. The van der Waals surface area contributed by atoms with Crippen LogP contribution in [0.1, 0.15) is 85.5 Å². The van der Waals surface area contributed by atoms with Gasteiger partial charge in [0.2, 0.25) is 0 Å². The van der Waals surface area contributed by atoms with Crippen LogP contribution in [0.15, 0.2) is 0 Å². The maximum atomic E-state index is 12.7. The van der Waals surface area contributed by atoms with Crippen molar-refractivity contribution in [1.82, 2.24) is 0 Å². The van der Waals surface area contributed by atoms with Crippen LogP contribution >= 0.6 is 0 Å². The highest BCUT2D eigenvalue weighted by Gasteiger charge is 2.66. The van der Waals surface area contributed by atoms with E-state index in [1.165, 1.54) is 0 Å². The summed E-state index contributed by atoms with van der Waals surface area (Å²) in [6.07, 6.45) is 6.71. The van der Waals surface area contributed by atoms with Crippen molar-refractivity contribution in [3.05, 3.63) is 0 Å². The van der Waals surface area contributed by atoms with Crippen LogP contribution in [0.4, 0.5) is 0 Å². The molecule has 0 amide bonds. The molecule has 0 aromatic carbocycles. The molecule has 9 atom stereocenters. The smallest absolute Gasteiger partial charge is 0.307 e. The fourth-order valence-electron chi connectivity index (χ4n) is 8.02. The molecule has 0 aromatic rings. The zero-order valence-corrected chi connectivity index (χ0v) is 18.6. The van der Waals surface area contributed by atoms with Crippen LogP contribution < -0.4 is 5.73 Å². The quantitative estimate of drug-likeness (QED) is 0.700. The molecular formula is C24H39NO4. The van der Waals surface area contributed by atoms with Gasteiger partial charge in [0.15, 0.2) is 0 Å².